The normalized spacial score (nSPS) is 24.6. The number of halogens is 5. The fourth-order valence-electron chi connectivity index (χ4n) is 4.22. The van der Waals surface area contributed by atoms with E-state index in [-0.39, 0.29) is 30.2 Å². The van der Waals surface area contributed by atoms with Gasteiger partial charge in [0.2, 0.25) is 5.82 Å². The maximum absolute atomic E-state index is 14.8. The minimum absolute atomic E-state index is 0.00660. The third kappa shape index (κ3) is 5.69. The molecule has 1 amide bonds. The molecule has 13 heteroatoms. The third-order valence-electron chi connectivity index (χ3n) is 6.46. The van der Waals surface area contributed by atoms with Crippen molar-refractivity contribution in [1.82, 2.24) is 4.98 Å². The summed E-state index contributed by atoms with van der Waals surface area (Å²) in [4.78, 5) is 17.1. The van der Waals surface area contributed by atoms with Crippen LogP contribution in [-0.2, 0) is 14.3 Å². The number of methoxy groups -OCH3 is 1. The van der Waals surface area contributed by atoms with Crippen molar-refractivity contribution in [2.75, 3.05) is 32.2 Å². The molecular weight excluding hydrogens is 507 g/mol. The first kappa shape index (κ1) is 28.7. The first-order valence-corrected chi connectivity index (χ1v) is 11.3. The van der Waals surface area contributed by atoms with Crippen LogP contribution in [0.5, 0.6) is 5.75 Å². The van der Waals surface area contributed by atoms with Crippen LogP contribution < -0.4 is 10.1 Å². The molecule has 204 valence electrons. The Kier molecular flexibility index (Phi) is 8.73. The van der Waals surface area contributed by atoms with E-state index in [4.69, 9.17) is 19.3 Å². The van der Waals surface area contributed by atoms with Crippen molar-refractivity contribution in [2.24, 2.45) is 5.92 Å². The molecule has 1 fully saturated rings. The predicted molar refractivity (Wildman–Crippen MR) is 120 cm³/mol. The van der Waals surface area contributed by atoms with Crippen molar-refractivity contribution in [3.8, 4) is 5.75 Å². The quantitative estimate of drug-likeness (QED) is 0.334. The van der Waals surface area contributed by atoms with E-state index >= 15 is 0 Å². The number of hydrogen-bond acceptors (Lipinski definition) is 7. The lowest BCUT2D eigenvalue weighted by Crippen LogP contribution is -2.47. The van der Waals surface area contributed by atoms with Gasteiger partial charge in [0.25, 0.3) is 5.91 Å². The average Bonchev–Trinajstić information content (AvgIpc) is 3.13. The lowest BCUT2D eigenvalue weighted by Gasteiger charge is -2.32. The fourth-order valence-corrected chi connectivity index (χ4v) is 4.22. The van der Waals surface area contributed by atoms with Crippen molar-refractivity contribution in [2.45, 2.75) is 43.8 Å². The first-order valence-electron chi connectivity index (χ1n) is 11.3. The van der Waals surface area contributed by atoms with E-state index in [2.05, 4.69) is 10.3 Å². The molecule has 1 aromatic heterocycles. The molecule has 8 nitrogen and oxygen atoms in total. The van der Waals surface area contributed by atoms with Crippen molar-refractivity contribution in [3.05, 3.63) is 53.4 Å². The molecule has 0 bridgehead atoms. The Bertz CT molecular complexity index is 1120. The van der Waals surface area contributed by atoms with Crippen molar-refractivity contribution >= 4 is 11.6 Å². The fraction of sp³-hybridized carbons (Fsp3) is 0.500. The van der Waals surface area contributed by atoms with Crippen LogP contribution in [0.4, 0.5) is 27.6 Å². The lowest BCUT2D eigenvalue weighted by molar-refractivity contribution is -0.272. The standard InChI is InChI=1S/C24H27F5N2O6/c1-12-18(14-4-5-15(25)19(26)20(14)36-9-8-35-3)21(37-23(12,2)24(27,28)29)22(34)31-13-6-7-30-16(10-13)17(33)11-32/h4-7,10,12,17-18,21,32-33H,8-9,11H2,1-3H3,(H,30,31,34)/t12-,17+,18-,21+,23+/m0/s1. The van der Waals surface area contributed by atoms with Gasteiger partial charge in [-0.05, 0) is 25.1 Å². The number of ether oxygens (including phenoxy) is 3. The molecule has 2 heterocycles. The van der Waals surface area contributed by atoms with E-state index < -0.39 is 65.7 Å². The molecule has 1 saturated heterocycles. The lowest BCUT2D eigenvalue weighted by atomic mass is 9.77. The Labute approximate surface area is 209 Å². The van der Waals surface area contributed by atoms with E-state index in [9.17, 15) is 31.9 Å². The molecular formula is C24H27F5N2O6. The summed E-state index contributed by atoms with van der Waals surface area (Å²) in [6, 6.07) is 4.35. The number of aromatic nitrogens is 1. The number of aliphatic hydroxyl groups is 2. The van der Waals surface area contributed by atoms with Gasteiger partial charge in [0, 0.05) is 36.4 Å². The Morgan fingerprint density at radius 2 is 1.97 bits per heavy atom. The highest BCUT2D eigenvalue weighted by Gasteiger charge is 2.66. The molecule has 0 aliphatic carbocycles. The van der Waals surface area contributed by atoms with Gasteiger partial charge in [-0.25, -0.2) is 4.39 Å². The summed E-state index contributed by atoms with van der Waals surface area (Å²) in [5, 5.41) is 21.3. The van der Waals surface area contributed by atoms with Crippen LogP contribution in [0.1, 0.15) is 37.1 Å². The highest BCUT2D eigenvalue weighted by molar-refractivity contribution is 5.95. The van der Waals surface area contributed by atoms with Gasteiger partial charge in [-0.2, -0.15) is 17.6 Å². The number of aliphatic hydroxyl groups excluding tert-OH is 2. The van der Waals surface area contributed by atoms with Gasteiger partial charge in [-0.15, -0.1) is 0 Å². The summed E-state index contributed by atoms with van der Waals surface area (Å²) in [5.74, 6) is -7.18. The van der Waals surface area contributed by atoms with Gasteiger partial charge in [0.15, 0.2) is 17.2 Å². The molecule has 3 rings (SSSR count). The van der Waals surface area contributed by atoms with Crippen molar-refractivity contribution in [3.63, 3.8) is 0 Å². The molecule has 0 saturated carbocycles. The summed E-state index contributed by atoms with van der Waals surface area (Å²) < 4.78 is 86.7. The Morgan fingerprint density at radius 1 is 1.27 bits per heavy atom. The molecule has 1 aliphatic rings. The second-order valence-corrected chi connectivity index (χ2v) is 8.74. The zero-order valence-electron chi connectivity index (χ0n) is 20.2. The smallest absolute Gasteiger partial charge is 0.417 e. The van der Waals surface area contributed by atoms with E-state index in [1.165, 1.54) is 32.4 Å². The van der Waals surface area contributed by atoms with Crippen LogP contribution in [0.15, 0.2) is 30.5 Å². The zero-order chi connectivity index (χ0) is 27.5. The summed E-state index contributed by atoms with van der Waals surface area (Å²) in [6.07, 6.45) is -6.84. The van der Waals surface area contributed by atoms with Crippen LogP contribution >= 0.6 is 0 Å². The number of rotatable bonds is 9. The highest BCUT2D eigenvalue weighted by atomic mass is 19.4. The molecule has 1 aliphatic heterocycles. The SMILES string of the molecule is COCCOc1c([C@H]2[C@H](C(=O)Nc3ccnc([C@H](O)CO)c3)O[C@@](C)(C(F)(F)F)[C@H]2C)ccc(F)c1F. The minimum atomic E-state index is -4.91. The summed E-state index contributed by atoms with van der Waals surface area (Å²) in [5.41, 5.74) is -2.93. The number of pyridine rings is 1. The number of benzene rings is 1. The van der Waals surface area contributed by atoms with Gasteiger partial charge < -0.3 is 29.7 Å². The predicted octanol–water partition coefficient (Wildman–Crippen LogP) is 3.49. The largest absolute Gasteiger partial charge is 0.488 e. The number of carbonyl (C=O) groups is 1. The summed E-state index contributed by atoms with van der Waals surface area (Å²) in [7, 11) is 1.35. The minimum Gasteiger partial charge on any atom is -0.488 e. The average molecular weight is 534 g/mol. The van der Waals surface area contributed by atoms with Crippen LogP contribution in [0.25, 0.3) is 0 Å². The van der Waals surface area contributed by atoms with Gasteiger partial charge >= 0.3 is 6.18 Å². The second kappa shape index (κ2) is 11.3. The Hall–Kier alpha value is -2.87. The second-order valence-electron chi connectivity index (χ2n) is 8.74. The number of nitrogens with zero attached hydrogens (tertiary/aromatic N) is 1. The highest BCUT2D eigenvalue weighted by Crippen LogP contribution is 2.55. The molecule has 5 atom stereocenters. The number of anilines is 1. The van der Waals surface area contributed by atoms with E-state index in [0.717, 1.165) is 19.1 Å². The van der Waals surface area contributed by atoms with E-state index in [1.54, 1.807) is 0 Å². The first-order chi connectivity index (χ1) is 17.4. The third-order valence-corrected chi connectivity index (χ3v) is 6.46. The molecule has 0 unspecified atom stereocenters. The topological polar surface area (TPSA) is 110 Å². The maximum Gasteiger partial charge on any atom is 0.417 e. The van der Waals surface area contributed by atoms with Gasteiger partial charge in [-0.1, -0.05) is 13.0 Å². The van der Waals surface area contributed by atoms with Gasteiger partial charge in [-0.3, -0.25) is 9.78 Å². The maximum atomic E-state index is 14.8. The van der Waals surface area contributed by atoms with Crippen LogP contribution in [0.3, 0.4) is 0 Å². The van der Waals surface area contributed by atoms with Gasteiger partial charge in [0.1, 0.15) is 18.8 Å². The van der Waals surface area contributed by atoms with Crippen LogP contribution in [0.2, 0.25) is 0 Å². The van der Waals surface area contributed by atoms with E-state index in [1.807, 2.05) is 0 Å². The zero-order valence-corrected chi connectivity index (χ0v) is 20.2. The van der Waals surface area contributed by atoms with Crippen molar-refractivity contribution < 1.29 is 51.2 Å². The van der Waals surface area contributed by atoms with Crippen molar-refractivity contribution in [1.29, 1.82) is 0 Å². The van der Waals surface area contributed by atoms with Gasteiger partial charge in [0.05, 0.1) is 18.9 Å². The van der Waals surface area contributed by atoms with E-state index in [0.29, 0.717) is 0 Å². The summed E-state index contributed by atoms with van der Waals surface area (Å²) >= 11 is 0. The molecule has 0 radical (unpaired) electrons. The molecule has 3 N–H and O–H groups in total. The summed E-state index contributed by atoms with van der Waals surface area (Å²) in [6.45, 7) is 1.09. The molecule has 1 aromatic carbocycles. The number of nitrogens with one attached hydrogen (secondary N) is 1. The molecule has 0 spiro atoms. The Balaban J connectivity index is 2.05. The van der Waals surface area contributed by atoms with Crippen LogP contribution in [-0.4, -0.2) is 65.9 Å². The molecule has 2 aromatic rings. The Morgan fingerprint density at radius 3 is 2.59 bits per heavy atom. The number of hydrogen-bond donors (Lipinski definition) is 3. The molecule has 37 heavy (non-hydrogen) atoms. The number of carbonyl (C=O) groups excluding carboxylic acids is 1. The number of alkyl halides is 3. The number of amides is 1. The monoisotopic (exact) mass is 534 g/mol. The van der Waals surface area contributed by atoms with Crippen LogP contribution in [0, 0.1) is 17.6 Å².